The Morgan fingerprint density at radius 2 is 1.67 bits per heavy atom. The molecule has 3 aromatic rings. The summed E-state index contributed by atoms with van der Waals surface area (Å²) in [5, 5.41) is 13.4. The van der Waals surface area contributed by atoms with Gasteiger partial charge in [0, 0.05) is 36.8 Å². The number of carbonyl (C=O) groups excluding carboxylic acids is 1. The number of aromatic hydroxyl groups is 1. The van der Waals surface area contributed by atoms with Gasteiger partial charge in [-0.1, -0.05) is 36.4 Å². The number of amides is 1. The zero-order valence-electron chi connectivity index (χ0n) is 16.7. The van der Waals surface area contributed by atoms with Crippen LogP contribution in [0.2, 0.25) is 0 Å². The van der Waals surface area contributed by atoms with Crippen LogP contribution in [-0.4, -0.2) is 37.3 Å². The van der Waals surface area contributed by atoms with E-state index >= 15 is 0 Å². The first-order valence-corrected chi connectivity index (χ1v) is 9.85. The van der Waals surface area contributed by atoms with Crippen LogP contribution in [-0.2, 0) is 9.53 Å². The Labute approximate surface area is 174 Å². The molecule has 3 aromatic carbocycles. The summed E-state index contributed by atoms with van der Waals surface area (Å²) in [6.07, 6.45) is 0. The van der Waals surface area contributed by atoms with Crippen molar-refractivity contribution in [3.63, 3.8) is 0 Å². The van der Waals surface area contributed by atoms with Gasteiger partial charge in [0.2, 0.25) is 5.91 Å². The van der Waals surface area contributed by atoms with Gasteiger partial charge in [0.1, 0.15) is 11.6 Å². The monoisotopic (exact) mass is 406 g/mol. The molecule has 0 bridgehead atoms. The van der Waals surface area contributed by atoms with Crippen molar-refractivity contribution in [3.05, 3.63) is 66.5 Å². The van der Waals surface area contributed by atoms with Crippen LogP contribution < -0.4 is 10.2 Å². The van der Waals surface area contributed by atoms with Crippen molar-refractivity contribution < 1.29 is 19.0 Å². The number of ether oxygens (including phenoxy) is 1. The molecule has 6 heteroatoms. The number of benzene rings is 3. The molecule has 0 radical (unpaired) electrons. The molecule has 5 nitrogen and oxygen atoms in total. The number of hydrogen-bond donors (Lipinski definition) is 2. The Morgan fingerprint density at radius 3 is 2.33 bits per heavy atom. The number of rotatable bonds is 4. The summed E-state index contributed by atoms with van der Waals surface area (Å²) in [4.78, 5) is 13.4. The number of morpholine rings is 1. The highest BCUT2D eigenvalue weighted by molar-refractivity contribution is 5.89. The van der Waals surface area contributed by atoms with E-state index in [-0.39, 0.29) is 17.3 Å². The van der Waals surface area contributed by atoms with Crippen molar-refractivity contribution in [1.82, 2.24) is 0 Å². The molecule has 0 saturated carbocycles. The third kappa shape index (κ3) is 4.14. The molecule has 154 valence electrons. The van der Waals surface area contributed by atoms with Gasteiger partial charge in [0.15, 0.2) is 0 Å². The van der Waals surface area contributed by atoms with E-state index in [1.807, 2.05) is 36.4 Å². The van der Waals surface area contributed by atoms with E-state index < -0.39 is 5.82 Å². The van der Waals surface area contributed by atoms with Gasteiger partial charge >= 0.3 is 0 Å². The Hall–Kier alpha value is -3.38. The second-order valence-electron chi connectivity index (χ2n) is 7.23. The Kier molecular flexibility index (Phi) is 5.68. The zero-order valence-corrected chi connectivity index (χ0v) is 16.7. The first-order valence-electron chi connectivity index (χ1n) is 9.85. The van der Waals surface area contributed by atoms with E-state index in [4.69, 9.17) is 4.74 Å². The predicted molar refractivity (Wildman–Crippen MR) is 116 cm³/mol. The van der Waals surface area contributed by atoms with Crippen LogP contribution in [0.25, 0.3) is 22.3 Å². The van der Waals surface area contributed by atoms with E-state index in [9.17, 15) is 14.3 Å². The summed E-state index contributed by atoms with van der Waals surface area (Å²) in [6, 6.07) is 17.9. The lowest BCUT2D eigenvalue weighted by Gasteiger charge is -2.29. The van der Waals surface area contributed by atoms with Crippen LogP contribution in [0.5, 0.6) is 5.75 Å². The van der Waals surface area contributed by atoms with Crippen molar-refractivity contribution in [3.8, 4) is 28.0 Å². The van der Waals surface area contributed by atoms with E-state index in [1.54, 1.807) is 12.1 Å². The third-order valence-electron chi connectivity index (χ3n) is 5.16. The molecule has 30 heavy (non-hydrogen) atoms. The minimum absolute atomic E-state index is 0.0864. The number of anilines is 2. The number of nitrogens with zero attached hydrogens (tertiary/aromatic N) is 1. The van der Waals surface area contributed by atoms with Crippen LogP contribution in [0.1, 0.15) is 6.92 Å². The molecular weight excluding hydrogens is 383 g/mol. The molecule has 0 aromatic heterocycles. The summed E-state index contributed by atoms with van der Waals surface area (Å²) in [5.74, 6) is -0.809. The van der Waals surface area contributed by atoms with Crippen LogP contribution in [0.15, 0.2) is 60.7 Å². The topological polar surface area (TPSA) is 61.8 Å². The molecule has 4 rings (SSSR count). The molecule has 0 aliphatic carbocycles. The maximum Gasteiger partial charge on any atom is 0.221 e. The Balaban J connectivity index is 1.69. The van der Waals surface area contributed by atoms with Gasteiger partial charge in [-0.2, -0.15) is 0 Å². The zero-order chi connectivity index (χ0) is 21.1. The first kappa shape index (κ1) is 19.9. The van der Waals surface area contributed by atoms with E-state index in [1.165, 1.54) is 19.1 Å². The normalized spacial score (nSPS) is 13.9. The number of nitrogens with one attached hydrogen (secondary N) is 1. The number of halogens is 1. The van der Waals surface area contributed by atoms with Gasteiger partial charge in [-0.3, -0.25) is 4.79 Å². The van der Waals surface area contributed by atoms with Gasteiger partial charge < -0.3 is 20.1 Å². The van der Waals surface area contributed by atoms with Crippen LogP contribution in [0.3, 0.4) is 0 Å². The molecule has 0 spiro atoms. The number of phenols is 1. The smallest absolute Gasteiger partial charge is 0.221 e. The molecule has 1 aliphatic heterocycles. The third-order valence-corrected chi connectivity index (χ3v) is 5.16. The first-order chi connectivity index (χ1) is 14.5. The number of phenolic OH excluding ortho intramolecular Hbond substituents is 1. The van der Waals surface area contributed by atoms with Gasteiger partial charge in [0.25, 0.3) is 0 Å². The van der Waals surface area contributed by atoms with Crippen molar-refractivity contribution in [2.24, 2.45) is 0 Å². The molecule has 0 unspecified atom stereocenters. The molecule has 1 heterocycles. The molecule has 2 N–H and O–H groups in total. The summed E-state index contributed by atoms with van der Waals surface area (Å²) in [6.45, 7) is 4.38. The fourth-order valence-corrected chi connectivity index (χ4v) is 3.67. The van der Waals surface area contributed by atoms with E-state index in [0.29, 0.717) is 29.9 Å². The average molecular weight is 406 g/mol. The minimum atomic E-state index is -0.554. The standard InChI is InChI=1S/C24H23FN2O3/c1-16(28)26-23-9-8-18(15-22(23)25)21-7-3-6-20(24(21)29)17-4-2-5-19(14-17)27-10-12-30-13-11-27/h2-9,14-15,29H,10-13H2,1H3,(H,26,28). The van der Waals surface area contributed by atoms with Crippen LogP contribution in [0, 0.1) is 5.82 Å². The average Bonchev–Trinajstić information content (AvgIpc) is 2.76. The molecule has 0 atom stereocenters. The van der Waals surface area contributed by atoms with Crippen molar-refractivity contribution in [1.29, 1.82) is 0 Å². The lowest BCUT2D eigenvalue weighted by Crippen LogP contribution is -2.36. The van der Waals surface area contributed by atoms with Gasteiger partial charge in [-0.25, -0.2) is 4.39 Å². The second-order valence-corrected chi connectivity index (χ2v) is 7.23. The molecule has 1 aliphatic rings. The van der Waals surface area contributed by atoms with E-state index in [0.717, 1.165) is 24.3 Å². The summed E-state index contributed by atoms with van der Waals surface area (Å²) in [7, 11) is 0. The SMILES string of the molecule is CC(=O)Nc1ccc(-c2cccc(-c3cccc(N4CCOCC4)c3)c2O)cc1F. The molecule has 1 saturated heterocycles. The largest absolute Gasteiger partial charge is 0.507 e. The maximum atomic E-state index is 14.4. The number of para-hydroxylation sites is 1. The number of hydrogen-bond acceptors (Lipinski definition) is 4. The van der Waals surface area contributed by atoms with Gasteiger partial charge in [-0.05, 0) is 35.4 Å². The molecular formula is C24H23FN2O3. The van der Waals surface area contributed by atoms with Crippen molar-refractivity contribution in [2.45, 2.75) is 6.92 Å². The minimum Gasteiger partial charge on any atom is -0.507 e. The fraction of sp³-hybridized carbons (Fsp3) is 0.208. The quantitative estimate of drug-likeness (QED) is 0.662. The number of carbonyl (C=O) groups is 1. The highest BCUT2D eigenvalue weighted by Gasteiger charge is 2.15. The van der Waals surface area contributed by atoms with Crippen molar-refractivity contribution >= 4 is 17.3 Å². The fourth-order valence-electron chi connectivity index (χ4n) is 3.67. The second kappa shape index (κ2) is 8.55. The Bertz CT molecular complexity index is 1080. The van der Waals surface area contributed by atoms with E-state index in [2.05, 4.69) is 10.2 Å². The van der Waals surface area contributed by atoms with Gasteiger partial charge in [-0.15, -0.1) is 0 Å². The maximum absolute atomic E-state index is 14.4. The van der Waals surface area contributed by atoms with Crippen LogP contribution in [0.4, 0.5) is 15.8 Å². The van der Waals surface area contributed by atoms with Crippen LogP contribution >= 0.6 is 0 Å². The predicted octanol–water partition coefficient (Wildman–Crippen LogP) is 4.66. The summed E-state index contributed by atoms with van der Waals surface area (Å²) in [5.41, 5.74) is 3.80. The highest BCUT2D eigenvalue weighted by Crippen LogP contribution is 2.39. The highest BCUT2D eigenvalue weighted by atomic mass is 19.1. The summed E-state index contributed by atoms with van der Waals surface area (Å²) < 4.78 is 19.8. The lowest BCUT2D eigenvalue weighted by molar-refractivity contribution is -0.114. The summed E-state index contributed by atoms with van der Waals surface area (Å²) >= 11 is 0. The Morgan fingerprint density at radius 1 is 1.00 bits per heavy atom. The lowest BCUT2D eigenvalue weighted by atomic mass is 9.96. The molecule has 1 amide bonds. The molecule has 1 fully saturated rings. The van der Waals surface area contributed by atoms with Gasteiger partial charge in [0.05, 0.1) is 18.9 Å². The van der Waals surface area contributed by atoms with Crippen molar-refractivity contribution in [2.75, 3.05) is 36.5 Å².